The monoisotopic (exact) mass is 1860 g/mol. The second-order valence-corrected chi connectivity index (χ2v) is 31.7. The average molecular weight is 1860 g/mol. The molecule has 135 heavy (non-hydrogen) atoms. The second kappa shape index (κ2) is 62.7. The molecule has 0 amide bonds. The minimum absolute atomic E-state index is 0.0620. The number of nitrogens with two attached hydrogens (primary N) is 2. The van der Waals surface area contributed by atoms with Gasteiger partial charge < -0.3 is 106 Å². The molecule has 0 aliphatic rings. The fourth-order valence-electron chi connectivity index (χ4n) is 14.0. The number of anilines is 2. The van der Waals surface area contributed by atoms with Gasteiger partial charge >= 0.3 is 35.8 Å². The Morgan fingerprint density at radius 1 is 0.230 bits per heavy atom. The van der Waals surface area contributed by atoms with Gasteiger partial charge in [-0.05, 0) is 276 Å². The van der Waals surface area contributed by atoms with Crippen LogP contribution in [0, 0.1) is 0 Å². The fraction of sp³-hybridized carbons (Fsp3) is 0.421. The highest BCUT2D eigenvalue weighted by molar-refractivity contribution is 5.92. The van der Waals surface area contributed by atoms with Crippen molar-refractivity contribution in [2.75, 3.05) is 134 Å². The predicted octanol–water partition coefficient (Wildman–Crippen LogP) is 21.4. The van der Waals surface area contributed by atoms with Crippen LogP contribution >= 0.6 is 0 Å². The summed E-state index contributed by atoms with van der Waals surface area (Å²) in [5.41, 5.74) is 17.7. The Kier molecular flexibility index (Phi) is 49.5. The zero-order chi connectivity index (χ0) is 96.3. The van der Waals surface area contributed by atoms with Gasteiger partial charge in [-0.15, -0.1) is 0 Å². The Morgan fingerprint density at radius 3 is 0.696 bits per heavy atom. The average Bonchev–Trinajstić information content (AvgIpc) is 0.829. The molecule has 0 atom stereocenters. The van der Waals surface area contributed by atoms with E-state index in [0.29, 0.717) is 163 Å². The van der Waals surface area contributed by atoms with Crippen LogP contribution in [-0.4, -0.2) is 159 Å². The Hall–Kier alpha value is -13.7. The maximum atomic E-state index is 14.3. The molecule has 4 N–H and O–H groups in total. The smallest absolute Gasteiger partial charge is 0.338 e. The Labute approximate surface area is 794 Å². The van der Waals surface area contributed by atoms with Gasteiger partial charge in [0.05, 0.1) is 134 Å². The summed E-state index contributed by atoms with van der Waals surface area (Å²) in [6.07, 6.45) is 33.7. The first kappa shape index (κ1) is 107. The quantitative estimate of drug-likeness (QED) is 0.0118. The van der Waals surface area contributed by atoms with Crippen molar-refractivity contribution in [3.63, 3.8) is 0 Å². The third-order valence-electron chi connectivity index (χ3n) is 21.2. The molecule has 0 heterocycles. The summed E-state index contributed by atoms with van der Waals surface area (Å²) in [7, 11) is 11.6. The minimum atomic E-state index is -0.531. The first-order valence-corrected chi connectivity index (χ1v) is 46.3. The van der Waals surface area contributed by atoms with E-state index in [4.69, 9.17) is 106 Å². The van der Waals surface area contributed by atoms with E-state index in [0.717, 1.165) is 187 Å². The number of hydrogen-bond acceptors (Lipinski definition) is 28. The molecule has 0 saturated heterocycles. The van der Waals surface area contributed by atoms with Crippen LogP contribution in [0.4, 0.5) is 11.4 Å². The molecule has 728 valence electrons. The van der Waals surface area contributed by atoms with E-state index in [9.17, 15) is 28.8 Å². The first-order chi connectivity index (χ1) is 65.9. The number of esters is 6. The molecular formula is C107H134N2O26. The normalized spacial score (nSPS) is 11.1. The van der Waals surface area contributed by atoms with Gasteiger partial charge in [-0.2, -0.15) is 0 Å². The molecule has 0 saturated carbocycles. The molecular weight excluding hydrogens is 1730 g/mol. The van der Waals surface area contributed by atoms with Gasteiger partial charge in [-0.3, -0.25) is 0 Å². The Bertz CT molecular complexity index is 4580. The van der Waals surface area contributed by atoms with Crippen LogP contribution in [-0.2, 0) is 60.8 Å². The molecule has 0 radical (unpaired) electrons. The number of carbonyl (C=O) groups is 6. The van der Waals surface area contributed by atoms with E-state index in [2.05, 4.69) is 0 Å². The van der Waals surface area contributed by atoms with Crippen LogP contribution in [0.5, 0.6) is 80.5 Å². The maximum absolute atomic E-state index is 14.3. The summed E-state index contributed by atoms with van der Waals surface area (Å²) in [4.78, 5) is 73.6. The number of methoxy groups -OCH3 is 8. The predicted molar refractivity (Wildman–Crippen MR) is 519 cm³/mol. The molecule has 0 aliphatic heterocycles. The second-order valence-electron chi connectivity index (χ2n) is 31.7. The van der Waals surface area contributed by atoms with Crippen LogP contribution in [0.1, 0.15) is 215 Å². The minimum Gasteiger partial charge on any atom is -0.493 e. The highest BCUT2D eigenvalue weighted by atomic mass is 16.6. The van der Waals surface area contributed by atoms with E-state index in [1.807, 2.05) is 84.9 Å². The summed E-state index contributed by atoms with van der Waals surface area (Å²) in [5.74, 6) is 4.96. The van der Waals surface area contributed by atoms with Gasteiger partial charge in [0.15, 0.2) is 46.0 Å². The summed E-state index contributed by atoms with van der Waals surface area (Å²) in [6, 6.07) is 43.2. The van der Waals surface area contributed by atoms with E-state index < -0.39 is 35.8 Å². The number of rotatable bonds is 68. The van der Waals surface area contributed by atoms with E-state index in [-0.39, 0.29) is 25.4 Å². The summed E-state index contributed by atoms with van der Waals surface area (Å²) in [6.45, 7) is 4.31. The van der Waals surface area contributed by atoms with Crippen LogP contribution < -0.4 is 77.8 Å². The number of benzene rings is 8. The summed E-state index contributed by atoms with van der Waals surface area (Å²) < 4.78 is 116. The molecule has 0 bridgehead atoms. The van der Waals surface area contributed by atoms with Crippen molar-refractivity contribution in [3.05, 3.63) is 214 Å². The summed E-state index contributed by atoms with van der Waals surface area (Å²) in [5, 5.41) is 0. The van der Waals surface area contributed by atoms with Gasteiger partial charge in [0.1, 0.15) is 47.7 Å². The Morgan fingerprint density at radius 2 is 0.452 bits per heavy atom. The van der Waals surface area contributed by atoms with Crippen molar-refractivity contribution < 1.29 is 124 Å². The van der Waals surface area contributed by atoms with Crippen LogP contribution in [0.3, 0.4) is 0 Å². The highest BCUT2D eigenvalue weighted by Crippen LogP contribution is 2.36. The third kappa shape index (κ3) is 42.0. The van der Waals surface area contributed by atoms with Crippen molar-refractivity contribution in [2.45, 2.75) is 174 Å². The zero-order valence-electron chi connectivity index (χ0n) is 79.4. The number of nitrogen functional groups attached to an aromatic ring is 2. The van der Waals surface area contributed by atoms with Crippen LogP contribution in [0.15, 0.2) is 170 Å². The molecule has 28 nitrogen and oxygen atoms in total. The standard InChI is InChI=1S/C107H134N2O26/c1-116-98-64-78(38-46-102(110)120-5)34-42-94(98)128-54-28-20-16-24-50-124-88-60-82(61-89(73-88)125-51-25-17-21-29-55-129-95-43-35-79(65-99(95)117-2)39-47-103(111)121-6)76-134-92-70-85(107(115)133-59-33-15-13-11-9-10-12-14-32-58-132-106(114)84-68-86(108)72-87(109)69-84)71-93(75-92)135-77-83-62-90(126-52-26-18-22-30-56-130-96-44-36-80(66-100(96)118-3)40-48-104(112)122-7)74-91(63-83)127-53-27-19-23-31-57-131-97-45-37-81(67-101(97)119-4)41-49-105(113)123-8/h34-49,60-75H,9-33,50-59,76-77,108-109H2,1-8H3. The summed E-state index contributed by atoms with van der Waals surface area (Å²) >= 11 is 0. The fourth-order valence-corrected chi connectivity index (χ4v) is 14.0. The molecule has 8 rings (SSSR count). The van der Waals surface area contributed by atoms with Gasteiger partial charge in [-0.1, -0.05) is 69.2 Å². The van der Waals surface area contributed by atoms with Crippen LogP contribution in [0.25, 0.3) is 24.3 Å². The highest BCUT2D eigenvalue weighted by Gasteiger charge is 2.18. The molecule has 28 heteroatoms. The van der Waals surface area contributed by atoms with Crippen molar-refractivity contribution in [1.82, 2.24) is 0 Å². The molecule has 0 aromatic heterocycles. The number of unbranched alkanes of at least 4 members (excludes halogenated alkanes) is 20. The maximum Gasteiger partial charge on any atom is 0.338 e. The lowest BCUT2D eigenvalue weighted by Gasteiger charge is -2.16. The molecule has 0 fully saturated rings. The lowest BCUT2D eigenvalue weighted by molar-refractivity contribution is -0.135. The Balaban J connectivity index is 0.933. The lowest BCUT2D eigenvalue weighted by Crippen LogP contribution is -2.08. The molecule has 0 aliphatic carbocycles. The van der Waals surface area contributed by atoms with Crippen molar-refractivity contribution in [3.8, 4) is 80.5 Å². The van der Waals surface area contributed by atoms with Crippen molar-refractivity contribution >= 4 is 71.5 Å². The molecule has 0 spiro atoms. The molecule has 8 aromatic rings. The third-order valence-corrected chi connectivity index (χ3v) is 21.2. The van der Waals surface area contributed by atoms with E-state index >= 15 is 0 Å². The topological polar surface area (TPSA) is 339 Å². The number of ether oxygens (including phenoxy) is 20. The van der Waals surface area contributed by atoms with Crippen molar-refractivity contribution in [2.24, 2.45) is 0 Å². The lowest BCUT2D eigenvalue weighted by atomic mass is 10.1. The SMILES string of the molecule is COC(=O)C=Cc1ccc(OCCCCCCOc2cc(COc3cc(OCc4cc(OCCCCCCOc5ccc(C=CC(=O)OC)cc5OC)cc(OCCCCCCOc5ccc(C=CC(=O)OC)cc5OC)c4)cc(C(=O)OCCCCCCCCCCCOC(=O)c4cc(N)cc(N)c4)c3)cc(OCCCCCCOc3ccc(C=CC(=O)OC)cc3OC)c2)c(OC)c1. The zero-order valence-corrected chi connectivity index (χ0v) is 79.4. The van der Waals surface area contributed by atoms with Gasteiger partial charge in [-0.25, -0.2) is 28.8 Å². The van der Waals surface area contributed by atoms with Gasteiger partial charge in [0.2, 0.25) is 0 Å². The van der Waals surface area contributed by atoms with Crippen LogP contribution in [0.2, 0.25) is 0 Å². The number of carbonyl (C=O) groups excluding carboxylic acids is 6. The van der Waals surface area contributed by atoms with E-state index in [1.165, 1.54) is 52.7 Å². The van der Waals surface area contributed by atoms with Gasteiger partial charge in [0.25, 0.3) is 0 Å². The first-order valence-electron chi connectivity index (χ1n) is 46.3. The van der Waals surface area contributed by atoms with E-state index in [1.54, 1.807) is 113 Å². The number of hydrogen-bond donors (Lipinski definition) is 2. The van der Waals surface area contributed by atoms with Gasteiger partial charge in [0, 0.05) is 53.9 Å². The largest absolute Gasteiger partial charge is 0.493 e. The molecule has 0 unspecified atom stereocenters. The molecule has 8 aromatic carbocycles. The van der Waals surface area contributed by atoms with Crippen molar-refractivity contribution in [1.29, 1.82) is 0 Å².